The van der Waals surface area contributed by atoms with E-state index in [1.165, 1.54) is 12.5 Å². The number of methoxy groups -OCH3 is 1. The quantitative estimate of drug-likeness (QED) is 0.753. The number of hydrogen-bond acceptors (Lipinski definition) is 6. The summed E-state index contributed by atoms with van der Waals surface area (Å²) in [6.45, 7) is 1.83. The molecule has 0 saturated carbocycles. The van der Waals surface area contributed by atoms with Gasteiger partial charge in [-0.1, -0.05) is 30.3 Å². The molecule has 26 heavy (non-hydrogen) atoms. The first kappa shape index (κ1) is 17.0. The van der Waals surface area contributed by atoms with Crippen LogP contribution in [0.4, 0.5) is 0 Å². The van der Waals surface area contributed by atoms with Gasteiger partial charge in [-0.05, 0) is 12.0 Å². The molecule has 4 saturated heterocycles. The Morgan fingerprint density at radius 1 is 1.35 bits per heavy atom. The lowest BCUT2D eigenvalue weighted by Gasteiger charge is -2.50. The van der Waals surface area contributed by atoms with Crippen LogP contribution in [-0.2, 0) is 23.7 Å². The number of ether oxygens (including phenoxy) is 4. The molecule has 4 aliphatic rings. The molecular formula is C20H24O5S. The van der Waals surface area contributed by atoms with Gasteiger partial charge in [0, 0.05) is 31.5 Å². The van der Waals surface area contributed by atoms with E-state index in [2.05, 4.69) is 24.3 Å². The van der Waals surface area contributed by atoms with Crippen LogP contribution < -0.4 is 0 Å². The highest BCUT2D eigenvalue weighted by molar-refractivity contribution is 7.99. The number of hydrogen-bond donors (Lipinski definition) is 0. The van der Waals surface area contributed by atoms with Gasteiger partial charge in [0.1, 0.15) is 6.61 Å². The normalized spacial score (nSPS) is 45.5. The molecule has 0 unspecified atom stereocenters. The largest absolute Gasteiger partial charge is 0.465 e. The van der Waals surface area contributed by atoms with E-state index in [1.54, 1.807) is 7.11 Å². The second-order valence-corrected chi connectivity index (χ2v) is 8.92. The Kier molecular flexibility index (Phi) is 3.91. The van der Waals surface area contributed by atoms with Crippen molar-refractivity contribution in [2.45, 2.75) is 43.4 Å². The first-order valence-electron chi connectivity index (χ1n) is 9.23. The van der Waals surface area contributed by atoms with Crippen molar-refractivity contribution in [2.24, 2.45) is 11.3 Å². The van der Waals surface area contributed by atoms with Crippen LogP contribution in [-0.4, -0.2) is 55.3 Å². The molecule has 4 heterocycles. The van der Waals surface area contributed by atoms with Crippen LogP contribution in [0, 0.1) is 11.3 Å². The zero-order valence-corrected chi connectivity index (χ0v) is 15.9. The molecule has 0 N–H and O–H groups in total. The summed E-state index contributed by atoms with van der Waals surface area (Å²) in [5, 5.41) is 0. The molecule has 6 heteroatoms. The number of benzene rings is 1. The highest BCUT2D eigenvalue weighted by Crippen LogP contribution is 2.71. The van der Waals surface area contributed by atoms with Crippen LogP contribution in [0.15, 0.2) is 30.3 Å². The van der Waals surface area contributed by atoms with Gasteiger partial charge >= 0.3 is 5.97 Å². The van der Waals surface area contributed by atoms with Crippen molar-refractivity contribution < 1.29 is 23.7 Å². The minimum atomic E-state index is -0.320. The maximum Gasteiger partial charge on any atom is 0.302 e. The van der Waals surface area contributed by atoms with E-state index in [9.17, 15) is 4.79 Å². The predicted octanol–water partition coefficient (Wildman–Crippen LogP) is 2.60. The topological polar surface area (TPSA) is 54.0 Å². The molecular weight excluding hydrogens is 352 g/mol. The number of rotatable bonds is 4. The molecule has 5 rings (SSSR count). The Morgan fingerprint density at radius 2 is 2.15 bits per heavy atom. The molecule has 0 amide bonds. The van der Waals surface area contributed by atoms with Crippen molar-refractivity contribution in [3.8, 4) is 0 Å². The van der Waals surface area contributed by atoms with Crippen LogP contribution in [0.2, 0.25) is 0 Å². The first-order chi connectivity index (χ1) is 12.6. The standard InChI is InChI=1S/C20H24O5S/c1-12(21)23-10-20-15-9-26-11-19(20)8-14(13-6-4-3-5-7-13)17(25-19)16(20)18(22-2)24-15/h3-7,14-18H,8-11H2,1-2H3/t14-,15-,16-,17+,18+,19+,20+/m1/s1. The number of carbonyl (C=O) groups excluding carboxylic acids is 1. The molecule has 1 aromatic carbocycles. The number of esters is 1. The molecule has 4 fully saturated rings. The van der Waals surface area contributed by atoms with Crippen molar-refractivity contribution in [3.05, 3.63) is 35.9 Å². The van der Waals surface area contributed by atoms with Crippen LogP contribution in [0.3, 0.4) is 0 Å². The van der Waals surface area contributed by atoms with Gasteiger partial charge < -0.3 is 18.9 Å². The van der Waals surface area contributed by atoms with E-state index in [-0.39, 0.29) is 41.4 Å². The number of thioether (sulfide) groups is 1. The minimum absolute atomic E-state index is 0.00252. The smallest absolute Gasteiger partial charge is 0.302 e. The maximum absolute atomic E-state index is 11.6. The van der Waals surface area contributed by atoms with Gasteiger partial charge in [0.25, 0.3) is 0 Å². The molecule has 140 valence electrons. The van der Waals surface area contributed by atoms with Crippen molar-refractivity contribution in [2.75, 3.05) is 25.2 Å². The van der Waals surface area contributed by atoms with Gasteiger partial charge in [-0.15, -0.1) is 0 Å². The lowest BCUT2D eigenvalue weighted by Crippen LogP contribution is -2.62. The summed E-state index contributed by atoms with van der Waals surface area (Å²) < 4.78 is 24.4. The molecule has 7 atom stereocenters. The van der Waals surface area contributed by atoms with E-state index in [4.69, 9.17) is 18.9 Å². The Hall–Kier alpha value is -1.08. The molecule has 0 aliphatic carbocycles. The second kappa shape index (κ2) is 5.96. The van der Waals surface area contributed by atoms with Crippen molar-refractivity contribution in [3.63, 3.8) is 0 Å². The summed E-state index contributed by atoms with van der Waals surface area (Å²) >= 11 is 1.88. The van der Waals surface area contributed by atoms with Crippen molar-refractivity contribution in [1.29, 1.82) is 0 Å². The molecule has 1 aromatic rings. The molecule has 5 nitrogen and oxygen atoms in total. The first-order valence-corrected chi connectivity index (χ1v) is 10.4. The van der Waals surface area contributed by atoms with E-state index >= 15 is 0 Å². The zero-order valence-electron chi connectivity index (χ0n) is 15.1. The van der Waals surface area contributed by atoms with Gasteiger partial charge in [0.15, 0.2) is 6.29 Å². The van der Waals surface area contributed by atoms with Crippen LogP contribution in [0.1, 0.15) is 24.8 Å². The second-order valence-electron chi connectivity index (χ2n) is 7.89. The summed E-state index contributed by atoms with van der Waals surface area (Å²) in [6.07, 6.45) is 0.662. The summed E-state index contributed by atoms with van der Waals surface area (Å²) in [5.41, 5.74) is 0.684. The molecule has 2 bridgehead atoms. The maximum atomic E-state index is 11.6. The van der Waals surface area contributed by atoms with Gasteiger partial charge in [-0.25, -0.2) is 0 Å². The Labute approximate surface area is 157 Å². The fourth-order valence-electron chi connectivity index (χ4n) is 5.85. The van der Waals surface area contributed by atoms with E-state index in [1.807, 2.05) is 17.8 Å². The third kappa shape index (κ3) is 2.07. The summed E-state index contributed by atoms with van der Waals surface area (Å²) in [5.74, 6) is 1.97. The van der Waals surface area contributed by atoms with E-state index < -0.39 is 0 Å². The van der Waals surface area contributed by atoms with Crippen molar-refractivity contribution in [1.82, 2.24) is 0 Å². The summed E-state index contributed by atoms with van der Waals surface area (Å²) in [6, 6.07) is 10.6. The lowest BCUT2D eigenvalue weighted by atomic mass is 9.55. The molecule has 0 aromatic heterocycles. The highest BCUT2D eigenvalue weighted by Gasteiger charge is 2.80. The minimum Gasteiger partial charge on any atom is -0.465 e. The van der Waals surface area contributed by atoms with Crippen LogP contribution >= 0.6 is 11.8 Å². The number of carbonyl (C=O) groups is 1. The fraction of sp³-hybridized carbons (Fsp3) is 0.650. The predicted molar refractivity (Wildman–Crippen MR) is 97.0 cm³/mol. The summed E-state index contributed by atoms with van der Waals surface area (Å²) in [7, 11) is 1.70. The number of fused-ring (bicyclic) bond motifs is 2. The Balaban J connectivity index is 1.58. The Morgan fingerprint density at radius 3 is 2.88 bits per heavy atom. The van der Waals surface area contributed by atoms with Gasteiger partial charge in [0.05, 0.1) is 29.1 Å². The average Bonchev–Trinajstić information content (AvgIpc) is 3.28. The fourth-order valence-corrected chi connectivity index (χ4v) is 7.35. The zero-order chi connectivity index (χ0) is 17.9. The summed E-state index contributed by atoms with van der Waals surface area (Å²) in [4.78, 5) is 11.6. The molecule has 4 aliphatic heterocycles. The van der Waals surface area contributed by atoms with Gasteiger partial charge in [0.2, 0.25) is 0 Å². The molecule has 1 spiro atoms. The van der Waals surface area contributed by atoms with E-state index in [0.717, 1.165) is 17.9 Å². The third-order valence-electron chi connectivity index (χ3n) is 6.85. The van der Waals surface area contributed by atoms with Gasteiger partial charge in [-0.3, -0.25) is 4.79 Å². The lowest BCUT2D eigenvalue weighted by molar-refractivity contribution is -0.165. The monoisotopic (exact) mass is 376 g/mol. The Bertz CT molecular complexity index is 711. The van der Waals surface area contributed by atoms with Gasteiger partial charge in [-0.2, -0.15) is 11.8 Å². The van der Waals surface area contributed by atoms with Crippen LogP contribution in [0.5, 0.6) is 0 Å². The SMILES string of the molecule is CO[C@H]1O[C@@H]2CSC[C@]34C[C@H](c5ccccc5)[C@H](O3)[C@H]1[C@]24COC(C)=O. The third-order valence-corrected chi connectivity index (χ3v) is 8.06. The molecule has 0 radical (unpaired) electrons. The van der Waals surface area contributed by atoms with E-state index in [0.29, 0.717) is 12.5 Å². The van der Waals surface area contributed by atoms with Crippen LogP contribution in [0.25, 0.3) is 0 Å². The van der Waals surface area contributed by atoms with Crippen molar-refractivity contribution >= 4 is 17.7 Å². The average molecular weight is 376 g/mol. The highest BCUT2D eigenvalue weighted by atomic mass is 32.2.